The maximum absolute atomic E-state index is 13.2. The van der Waals surface area contributed by atoms with Gasteiger partial charge in [0.15, 0.2) is 12.2 Å². The van der Waals surface area contributed by atoms with Crippen molar-refractivity contribution in [3.63, 3.8) is 0 Å². The summed E-state index contributed by atoms with van der Waals surface area (Å²) < 4.78 is 69.0. The van der Waals surface area contributed by atoms with Gasteiger partial charge in [-0.05, 0) is 31.6 Å². The van der Waals surface area contributed by atoms with Crippen LogP contribution in [0.15, 0.2) is 0 Å². The molecular weight excluding hydrogens is 1400 g/mol. The molecule has 0 aromatic rings. The average Bonchev–Trinajstić information content (AvgIpc) is 0.910. The SMILES string of the molecule is CCCCCCCCCCCCCCCCCCCCCCCC(=O)O[C@H](COC(=O)CCCCCCCCCCCCCCCCCCCC)COP(=O)(O)OC[C@@H](O)COP(=O)(O)OC[C@@H](COC(=O)CCCCCCCCCCCCCC)OC(=O)CCCCCCCCCCCCCCCCC(C)C. The van der Waals surface area contributed by atoms with Crippen molar-refractivity contribution in [1.29, 1.82) is 0 Å². The summed E-state index contributed by atoms with van der Waals surface area (Å²) in [6.07, 6.45) is 76.4. The van der Waals surface area contributed by atoms with E-state index in [1.54, 1.807) is 0 Å². The fourth-order valence-electron chi connectivity index (χ4n) is 14.0. The predicted octanol–water partition coefficient (Wildman–Crippen LogP) is 27.5. The number of carbonyl (C=O) groups is 4. The Morgan fingerprint density at radius 2 is 0.426 bits per heavy atom. The van der Waals surface area contributed by atoms with E-state index >= 15 is 0 Å². The Hall–Kier alpha value is -1.94. The molecule has 0 aromatic heterocycles. The van der Waals surface area contributed by atoms with E-state index in [1.165, 1.54) is 308 Å². The van der Waals surface area contributed by atoms with Crippen LogP contribution in [0.4, 0.5) is 0 Å². The Labute approximate surface area is 664 Å². The number of unbranched alkanes of at least 4 members (excludes halogenated alkanes) is 61. The number of rotatable bonds is 89. The summed E-state index contributed by atoms with van der Waals surface area (Å²) in [6, 6.07) is 0. The first kappa shape index (κ1) is 106. The van der Waals surface area contributed by atoms with Crippen molar-refractivity contribution >= 4 is 39.5 Å². The maximum atomic E-state index is 13.2. The highest BCUT2D eigenvalue weighted by atomic mass is 31.2. The zero-order chi connectivity index (χ0) is 79.0. The highest BCUT2D eigenvalue weighted by Gasteiger charge is 2.30. The molecule has 17 nitrogen and oxygen atoms in total. The van der Waals surface area contributed by atoms with E-state index in [9.17, 15) is 43.2 Å². The van der Waals surface area contributed by atoms with Crippen LogP contribution in [0.2, 0.25) is 0 Å². The quantitative estimate of drug-likeness (QED) is 0.0222. The number of hydrogen-bond donors (Lipinski definition) is 3. The first-order chi connectivity index (χ1) is 52.5. The van der Waals surface area contributed by atoms with Crippen molar-refractivity contribution in [3.05, 3.63) is 0 Å². The maximum Gasteiger partial charge on any atom is 0.472 e. The van der Waals surface area contributed by atoms with Gasteiger partial charge in [0.05, 0.1) is 26.4 Å². The van der Waals surface area contributed by atoms with Gasteiger partial charge in [-0.15, -0.1) is 0 Å². The first-order valence-corrected chi connectivity index (χ1v) is 49.1. The second-order valence-corrected chi connectivity index (χ2v) is 35.4. The summed E-state index contributed by atoms with van der Waals surface area (Å²) in [5, 5.41) is 10.7. The summed E-state index contributed by atoms with van der Waals surface area (Å²) >= 11 is 0. The predicted molar refractivity (Wildman–Crippen MR) is 446 cm³/mol. The topological polar surface area (TPSA) is 237 Å². The smallest absolute Gasteiger partial charge is 0.462 e. The van der Waals surface area contributed by atoms with Gasteiger partial charge < -0.3 is 33.8 Å². The summed E-state index contributed by atoms with van der Waals surface area (Å²) in [5.74, 6) is -1.30. The summed E-state index contributed by atoms with van der Waals surface area (Å²) in [6.45, 7) is 7.41. The molecule has 5 atom stereocenters. The number of aliphatic hydroxyl groups is 1. The molecule has 0 rings (SSSR count). The van der Waals surface area contributed by atoms with Gasteiger partial charge in [0.2, 0.25) is 0 Å². The van der Waals surface area contributed by atoms with Crippen LogP contribution in [-0.4, -0.2) is 96.7 Å². The number of esters is 4. The molecule has 3 N–H and O–H groups in total. The summed E-state index contributed by atoms with van der Waals surface area (Å²) in [7, 11) is -9.93. The zero-order valence-corrected chi connectivity index (χ0v) is 72.8. The minimum Gasteiger partial charge on any atom is -0.462 e. The molecule has 0 aliphatic rings. The Balaban J connectivity index is 5.25. The van der Waals surface area contributed by atoms with Crippen molar-refractivity contribution in [3.8, 4) is 0 Å². The molecule has 0 bridgehead atoms. The highest BCUT2D eigenvalue weighted by Crippen LogP contribution is 2.45. The molecule has 0 spiro atoms. The van der Waals surface area contributed by atoms with Gasteiger partial charge in [0.1, 0.15) is 19.3 Å². The molecule has 0 aliphatic heterocycles. The van der Waals surface area contributed by atoms with Crippen molar-refractivity contribution in [2.45, 2.75) is 502 Å². The molecule has 0 aliphatic carbocycles. The van der Waals surface area contributed by atoms with E-state index in [0.29, 0.717) is 25.7 Å². The molecule has 0 saturated carbocycles. The molecule has 0 saturated heterocycles. The van der Waals surface area contributed by atoms with E-state index in [-0.39, 0.29) is 25.7 Å². The highest BCUT2D eigenvalue weighted by molar-refractivity contribution is 7.47. The standard InChI is InChI=1S/C89H174O17P2/c1-6-9-12-15-18-21-24-27-29-31-33-34-35-37-39-44-49-54-59-64-69-74-88(93)106-85(79-100-87(92)73-68-63-58-53-48-43-38-36-32-30-28-25-22-19-16-13-10-7-2)81-104-108(97,98)102-77-83(90)76-101-107(95,96)103-80-84(78-99-86(91)72-67-62-57-52-47-26-23-20-17-14-11-8-3)105-89(94)75-70-65-60-55-50-45-41-40-42-46-51-56-61-66-71-82(4)5/h82-85,90H,6-81H2,1-5H3,(H,95,96)(H,97,98)/t83-,84+,85+/m0/s1. The minimum absolute atomic E-state index is 0.108. The lowest BCUT2D eigenvalue weighted by molar-refractivity contribution is -0.161. The molecule has 19 heteroatoms. The molecule has 0 heterocycles. The largest absolute Gasteiger partial charge is 0.472 e. The van der Waals surface area contributed by atoms with Crippen molar-refractivity contribution in [2.75, 3.05) is 39.6 Å². The zero-order valence-electron chi connectivity index (χ0n) is 71.0. The lowest BCUT2D eigenvalue weighted by Gasteiger charge is -2.21. The molecule has 642 valence electrons. The lowest BCUT2D eigenvalue weighted by Crippen LogP contribution is -2.30. The number of phosphoric ester groups is 2. The number of aliphatic hydroxyl groups excluding tert-OH is 1. The third kappa shape index (κ3) is 82.1. The van der Waals surface area contributed by atoms with Gasteiger partial charge in [0, 0.05) is 25.7 Å². The van der Waals surface area contributed by atoms with E-state index in [2.05, 4.69) is 34.6 Å². The van der Waals surface area contributed by atoms with Crippen LogP contribution in [-0.2, 0) is 65.4 Å². The van der Waals surface area contributed by atoms with Crippen LogP contribution >= 0.6 is 15.6 Å². The van der Waals surface area contributed by atoms with Crippen LogP contribution in [0.3, 0.4) is 0 Å². The second kappa shape index (κ2) is 81.6. The Bertz CT molecular complexity index is 2050. The van der Waals surface area contributed by atoms with Gasteiger partial charge >= 0.3 is 39.5 Å². The Morgan fingerprint density at radius 3 is 0.630 bits per heavy atom. The van der Waals surface area contributed by atoms with E-state index in [0.717, 1.165) is 95.8 Å². The van der Waals surface area contributed by atoms with E-state index < -0.39 is 97.5 Å². The molecule has 108 heavy (non-hydrogen) atoms. The monoisotopic (exact) mass is 1580 g/mol. The van der Waals surface area contributed by atoms with Gasteiger partial charge in [0.25, 0.3) is 0 Å². The lowest BCUT2D eigenvalue weighted by atomic mass is 10.0. The summed E-state index contributed by atoms with van der Waals surface area (Å²) in [4.78, 5) is 73.4. The number of carbonyl (C=O) groups excluding carboxylic acids is 4. The molecule has 0 radical (unpaired) electrons. The van der Waals surface area contributed by atoms with Gasteiger partial charge in [-0.2, -0.15) is 0 Å². The third-order valence-electron chi connectivity index (χ3n) is 21.0. The van der Waals surface area contributed by atoms with Crippen molar-refractivity contribution in [1.82, 2.24) is 0 Å². The molecule has 2 unspecified atom stereocenters. The van der Waals surface area contributed by atoms with Crippen LogP contribution < -0.4 is 0 Å². The Kier molecular flexibility index (Phi) is 80.2. The van der Waals surface area contributed by atoms with Crippen molar-refractivity contribution < 1.29 is 80.2 Å². The average molecular weight is 1580 g/mol. The normalized spacial score (nSPS) is 13.7. The van der Waals surface area contributed by atoms with Crippen LogP contribution in [0, 0.1) is 5.92 Å². The molecule has 0 fully saturated rings. The Morgan fingerprint density at radius 1 is 0.250 bits per heavy atom. The van der Waals surface area contributed by atoms with Crippen molar-refractivity contribution in [2.24, 2.45) is 5.92 Å². The number of ether oxygens (including phenoxy) is 4. The van der Waals surface area contributed by atoms with Gasteiger partial charge in [-0.3, -0.25) is 37.3 Å². The third-order valence-corrected chi connectivity index (χ3v) is 22.9. The van der Waals surface area contributed by atoms with Gasteiger partial charge in [-0.25, -0.2) is 9.13 Å². The van der Waals surface area contributed by atoms with Crippen LogP contribution in [0.1, 0.15) is 484 Å². The van der Waals surface area contributed by atoms with Gasteiger partial charge in [-0.1, -0.05) is 433 Å². The molecule has 0 amide bonds. The molecular formula is C89H174O17P2. The second-order valence-electron chi connectivity index (χ2n) is 32.5. The van der Waals surface area contributed by atoms with Crippen LogP contribution in [0.5, 0.6) is 0 Å². The molecule has 0 aromatic carbocycles. The fraction of sp³-hybridized carbons (Fsp3) is 0.955. The van der Waals surface area contributed by atoms with E-state index in [1.807, 2.05) is 0 Å². The summed E-state index contributed by atoms with van der Waals surface area (Å²) in [5.41, 5.74) is 0. The fourth-order valence-corrected chi connectivity index (χ4v) is 15.6. The van der Waals surface area contributed by atoms with Crippen LogP contribution in [0.25, 0.3) is 0 Å². The van der Waals surface area contributed by atoms with E-state index in [4.69, 9.17) is 37.0 Å². The first-order valence-electron chi connectivity index (χ1n) is 46.1. The number of phosphoric acid groups is 2. The minimum atomic E-state index is -4.97. The number of hydrogen-bond acceptors (Lipinski definition) is 15.